The molecule has 1 amide bonds. The molecule has 0 radical (unpaired) electrons. The zero-order valence-electron chi connectivity index (χ0n) is 14.5. The second-order valence-electron chi connectivity index (χ2n) is 6.06. The first kappa shape index (κ1) is 17.9. The molecule has 140 valence electrons. The molecule has 0 aliphatic carbocycles. The molecular weight excluding hydrogens is 383 g/mol. The van der Waals surface area contributed by atoms with Crippen LogP contribution in [0.25, 0.3) is 5.76 Å². The van der Waals surface area contributed by atoms with Crippen molar-refractivity contribution in [3.63, 3.8) is 0 Å². The van der Waals surface area contributed by atoms with E-state index in [1.54, 1.807) is 6.92 Å². The first-order chi connectivity index (χ1) is 13.5. The van der Waals surface area contributed by atoms with Gasteiger partial charge < -0.3 is 5.11 Å². The predicted molar refractivity (Wildman–Crippen MR) is 100 cm³/mol. The van der Waals surface area contributed by atoms with E-state index in [1.165, 1.54) is 53.7 Å². The predicted octanol–water partition coefficient (Wildman–Crippen LogP) is 3.01. The monoisotopic (exact) mass is 396 g/mol. The van der Waals surface area contributed by atoms with E-state index in [9.17, 15) is 19.1 Å². The summed E-state index contributed by atoms with van der Waals surface area (Å²) >= 11 is 1.14. The van der Waals surface area contributed by atoms with Crippen molar-refractivity contribution in [1.29, 1.82) is 0 Å². The Morgan fingerprint density at radius 2 is 1.79 bits per heavy atom. The van der Waals surface area contributed by atoms with E-state index in [0.29, 0.717) is 16.1 Å². The zero-order valence-corrected chi connectivity index (χ0v) is 15.4. The van der Waals surface area contributed by atoms with Gasteiger partial charge in [-0.05, 0) is 36.8 Å². The highest BCUT2D eigenvalue weighted by atomic mass is 32.1. The molecular formula is C19H13FN4O3S. The van der Waals surface area contributed by atoms with Crippen molar-refractivity contribution in [2.45, 2.75) is 13.0 Å². The largest absolute Gasteiger partial charge is 0.507 e. The summed E-state index contributed by atoms with van der Waals surface area (Å²) in [4.78, 5) is 30.7. The number of carbonyl (C=O) groups is 2. The number of Topliss-reactive ketones (excluding diaryl/α,β-unsaturated/α-hetero) is 1. The Morgan fingerprint density at radius 1 is 1.11 bits per heavy atom. The third kappa shape index (κ3) is 2.95. The van der Waals surface area contributed by atoms with Crippen molar-refractivity contribution in [2.75, 3.05) is 4.90 Å². The summed E-state index contributed by atoms with van der Waals surface area (Å²) < 4.78 is 13.4. The number of halogens is 1. The van der Waals surface area contributed by atoms with Crippen LogP contribution in [0.5, 0.6) is 0 Å². The Bertz CT molecular complexity index is 1100. The Morgan fingerprint density at radius 3 is 2.39 bits per heavy atom. The van der Waals surface area contributed by atoms with Gasteiger partial charge in [-0.3, -0.25) is 19.5 Å². The molecule has 2 aromatic heterocycles. The van der Waals surface area contributed by atoms with E-state index in [2.05, 4.69) is 15.2 Å². The van der Waals surface area contributed by atoms with Gasteiger partial charge in [0.1, 0.15) is 16.6 Å². The maximum atomic E-state index is 13.4. The fourth-order valence-corrected chi connectivity index (χ4v) is 3.75. The lowest BCUT2D eigenvalue weighted by molar-refractivity contribution is -0.132. The van der Waals surface area contributed by atoms with E-state index >= 15 is 0 Å². The van der Waals surface area contributed by atoms with Gasteiger partial charge in [0.05, 0.1) is 11.6 Å². The summed E-state index contributed by atoms with van der Waals surface area (Å²) in [5.74, 6) is -2.47. The molecule has 9 heteroatoms. The molecule has 3 heterocycles. The van der Waals surface area contributed by atoms with Gasteiger partial charge in [0, 0.05) is 18.0 Å². The zero-order chi connectivity index (χ0) is 19.8. The Labute approximate surface area is 162 Å². The van der Waals surface area contributed by atoms with Crippen LogP contribution in [0.1, 0.15) is 22.2 Å². The lowest BCUT2D eigenvalue weighted by Gasteiger charge is -2.22. The minimum Gasteiger partial charge on any atom is -0.507 e. The van der Waals surface area contributed by atoms with Gasteiger partial charge in [0.15, 0.2) is 0 Å². The van der Waals surface area contributed by atoms with Gasteiger partial charge >= 0.3 is 5.91 Å². The van der Waals surface area contributed by atoms with Crippen molar-refractivity contribution >= 4 is 33.9 Å². The number of hydrogen-bond donors (Lipinski definition) is 1. The first-order valence-electron chi connectivity index (χ1n) is 8.24. The summed E-state index contributed by atoms with van der Waals surface area (Å²) in [5.41, 5.74) is 0.702. The van der Waals surface area contributed by atoms with Gasteiger partial charge in [0.2, 0.25) is 5.13 Å². The van der Waals surface area contributed by atoms with Crippen LogP contribution in [-0.4, -0.2) is 32.0 Å². The summed E-state index contributed by atoms with van der Waals surface area (Å²) in [6, 6.07) is 7.49. The first-order valence-corrected chi connectivity index (χ1v) is 9.06. The number of aryl methyl sites for hydroxylation is 1. The topological polar surface area (TPSA) is 96.3 Å². The SMILES string of the molecule is Cc1nnc(N2C(=O)C(=O)C(=C(O)c3ccncc3)C2c2ccc(F)cc2)s1. The number of anilines is 1. The van der Waals surface area contributed by atoms with Crippen LogP contribution in [0.3, 0.4) is 0 Å². The van der Waals surface area contributed by atoms with E-state index in [1.807, 2.05) is 0 Å². The smallest absolute Gasteiger partial charge is 0.301 e. The van der Waals surface area contributed by atoms with Crippen LogP contribution in [-0.2, 0) is 9.59 Å². The van der Waals surface area contributed by atoms with Crippen molar-refractivity contribution in [3.05, 3.63) is 76.3 Å². The van der Waals surface area contributed by atoms with Gasteiger partial charge in [-0.2, -0.15) is 0 Å². The third-order valence-electron chi connectivity index (χ3n) is 4.31. The maximum Gasteiger partial charge on any atom is 0.301 e. The van der Waals surface area contributed by atoms with Crippen LogP contribution in [0, 0.1) is 12.7 Å². The second-order valence-corrected chi connectivity index (χ2v) is 7.22. The highest BCUT2D eigenvalue weighted by molar-refractivity contribution is 7.15. The van der Waals surface area contributed by atoms with Crippen LogP contribution in [0.15, 0.2) is 54.4 Å². The maximum absolute atomic E-state index is 13.4. The number of nitrogens with zero attached hydrogens (tertiary/aromatic N) is 4. The average molecular weight is 396 g/mol. The molecule has 1 N–H and O–H groups in total. The quantitative estimate of drug-likeness (QED) is 0.415. The molecule has 1 atom stereocenters. The molecule has 1 unspecified atom stereocenters. The Balaban J connectivity index is 1.94. The summed E-state index contributed by atoms with van der Waals surface area (Å²) in [6.45, 7) is 1.72. The Hall–Kier alpha value is -3.46. The summed E-state index contributed by atoms with van der Waals surface area (Å²) in [5, 5.41) is 19.5. The standard InChI is InChI=1S/C19H13FN4O3S/c1-10-22-23-19(28-10)24-15(11-2-4-13(20)5-3-11)14(17(26)18(24)27)16(25)12-6-8-21-9-7-12/h2-9,15,25H,1H3. The highest BCUT2D eigenvalue weighted by Crippen LogP contribution is 2.42. The molecule has 0 spiro atoms. The van der Waals surface area contributed by atoms with E-state index < -0.39 is 23.5 Å². The van der Waals surface area contributed by atoms with Gasteiger partial charge in [-0.25, -0.2) is 4.39 Å². The van der Waals surface area contributed by atoms with Gasteiger partial charge in [-0.1, -0.05) is 23.5 Å². The number of carbonyl (C=O) groups excluding carboxylic acids is 2. The number of aliphatic hydroxyl groups is 1. The van der Waals surface area contributed by atoms with Crippen molar-refractivity contribution in [1.82, 2.24) is 15.2 Å². The molecule has 4 rings (SSSR count). The van der Waals surface area contributed by atoms with Gasteiger partial charge in [0.25, 0.3) is 5.78 Å². The minimum absolute atomic E-state index is 0.101. The van der Waals surface area contributed by atoms with E-state index in [4.69, 9.17) is 0 Å². The van der Waals surface area contributed by atoms with E-state index in [0.717, 1.165) is 11.3 Å². The number of rotatable bonds is 3. The molecule has 1 fully saturated rings. The number of ketones is 1. The van der Waals surface area contributed by atoms with Crippen LogP contribution in [0.4, 0.5) is 9.52 Å². The Kier molecular flexibility index (Phi) is 4.44. The summed E-state index contributed by atoms with van der Waals surface area (Å²) in [7, 11) is 0. The molecule has 1 saturated heterocycles. The van der Waals surface area contributed by atoms with Crippen molar-refractivity contribution < 1.29 is 19.1 Å². The average Bonchev–Trinajstić information content (AvgIpc) is 3.24. The molecule has 0 saturated carbocycles. The molecule has 1 aromatic carbocycles. The molecule has 28 heavy (non-hydrogen) atoms. The number of pyridine rings is 1. The fraction of sp³-hybridized carbons (Fsp3) is 0.105. The molecule has 7 nitrogen and oxygen atoms in total. The number of hydrogen-bond acceptors (Lipinski definition) is 7. The molecule has 3 aromatic rings. The van der Waals surface area contributed by atoms with Crippen LogP contribution >= 0.6 is 11.3 Å². The molecule has 1 aliphatic heterocycles. The van der Waals surface area contributed by atoms with Crippen molar-refractivity contribution in [3.8, 4) is 0 Å². The molecule has 1 aliphatic rings. The van der Waals surface area contributed by atoms with E-state index in [-0.39, 0.29) is 16.5 Å². The minimum atomic E-state index is -0.957. The molecule has 0 bridgehead atoms. The lowest BCUT2D eigenvalue weighted by Crippen LogP contribution is -2.29. The van der Waals surface area contributed by atoms with Gasteiger partial charge in [-0.15, -0.1) is 10.2 Å². The second kappa shape index (κ2) is 6.93. The summed E-state index contributed by atoms with van der Waals surface area (Å²) in [6.07, 6.45) is 2.93. The third-order valence-corrected chi connectivity index (χ3v) is 5.14. The number of aliphatic hydroxyl groups excluding tert-OH is 1. The lowest BCUT2D eigenvalue weighted by atomic mass is 9.95. The number of amides is 1. The fourth-order valence-electron chi connectivity index (χ4n) is 3.04. The highest BCUT2D eigenvalue weighted by Gasteiger charge is 2.48. The number of benzene rings is 1. The van der Waals surface area contributed by atoms with Crippen molar-refractivity contribution in [2.24, 2.45) is 0 Å². The normalized spacial score (nSPS) is 18.6. The van der Waals surface area contributed by atoms with Crippen LogP contribution < -0.4 is 4.90 Å². The van der Waals surface area contributed by atoms with Crippen LogP contribution in [0.2, 0.25) is 0 Å². The number of aromatic nitrogens is 3.